The van der Waals surface area contributed by atoms with Gasteiger partial charge in [-0.25, -0.2) is 0 Å². The molecule has 0 bridgehead atoms. The van der Waals surface area contributed by atoms with Gasteiger partial charge >= 0.3 is 0 Å². The first-order valence-electron chi connectivity index (χ1n) is 6.93. The molecule has 0 aliphatic carbocycles. The molecule has 0 saturated heterocycles. The van der Waals surface area contributed by atoms with E-state index in [1.807, 2.05) is 32.0 Å². The number of rotatable bonds is 5. The molecule has 0 aliphatic rings. The average Bonchev–Trinajstić information content (AvgIpc) is 2.49. The number of benzene rings is 2. The van der Waals surface area contributed by atoms with Gasteiger partial charge in [0.1, 0.15) is 12.4 Å². The molecule has 4 heteroatoms. The van der Waals surface area contributed by atoms with E-state index in [4.69, 9.17) is 4.74 Å². The molecule has 2 aromatic carbocycles. The molecular weight excluding hydrogens is 342 g/mol. The number of anilines is 1. The third-order valence-electron chi connectivity index (χ3n) is 3.19. The summed E-state index contributed by atoms with van der Waals surface area (Å²) >= 11 is 3.42. The van der Waals surface area contributed by atoms with Gasteiger partial charge in [0.25, 0.3) is 5.91 Å². The highest BCUT2D eigenvalue weighted by molar-refractivity contribution is 9.10. The van der Waals surface area contributed by atoms with E-state index in [-0.39, 0.29) is 5.91 Å². The van der Waals surface area contributed by atoms with Crippen LogP contribution in [-0.2, 0) is 0 Å². The van der Waals surface area contributed by atoms with E-state index in [0.717, 1.165) is 21.3 Å². The fourth-order valence-electron chi connectivity index (χ4n) is 1.97. The van der Waals surface area contributed by atoms with Crippen LogP contribution < -0.4 is 10.1 Å². The molecule has 0 atom stereocenters. The van der Waals surface area contributed by atoms with Crippen LogP contribution in [-0.4, -0.2) is 12.5 Å². The zero-order valence-corrected chi connectivity index (χ0v) is 14.2. The van der Waals surface area contributed by atoms with Gasteiger partial charge in [-0.3, -0.25) is 4.79 Å². The average molecular weight is 360 g/mol. The summed E-state index contributed by atoms with van der Waals surface area (Å²) < 4.78 is 6.22. The van der Waals surface area contributed by atoms with Crippen molar-refractivity contribution in [3.05, 3.63) is 70.2 Å². The molecule has 0 spiro atoms. The minimum atomic E-state index is -0.148. The third kappa shape index (κ3) is 3.98. The Kier molecular flexibility index (Phi) is 5.39. The normalized spacial score (nSPS) is 10.1. The predicted molar refractivity (Wildman–Crippen MR) is 93.7 cm³/mol. The molecule has 1 amide bonds. The lowest BCUT2D eigenvalue weighted by atomic mass is 10.1. The van der Waals surface area contributed by atoms with Crippen molar-refractivity contribution in [3.63, 3.8) is 0 Å². The minimum absolute atomic E-state index is 0.148. The molecule has 2 rings (SSSR count). The van der Waals surface area contributed by atoms with Crippen LogP contribution in [0.2, 0.25) is 0 Å². The van der Waals surface area contributed by atoms with Gasteiger partial charge in [0.2, 0.25) is 0 Å². The Labute approximate surface area is 139 Å². The lowest BCUT2D eigenvalue weighted by Crippen LogP contribution is -2.13. The van der Waals surface area contributed by atoms with Crippen LogP contribution in [0.1, 0.15) is 21.5 Å². The topological polar surface area (TPSA) is 38.3 Å². The number of nitrogens with one attached hydrogen (secondary N) is 1. The van der Waals surface area contributed by atoms with Gasteiger partial charge in [-0.15, -0.1) is 0 Å². The maximum atomic E-state index is 12.4. The SMILES string of the molecule is C=CCOc1ccc(C(=O)Nc2cc(C)ccc2C)cc1Br. The lowest BCUT2D eigenvalue weighted by Gasteiger charge is -2.11. The molecule has 0 unspecified atom stereocenters. The van der Waals surface area contributed by atoms with Crippen molar-refractivity contribution in [1.29, 1.82) is 0 Å². The van der Waals surface area contributed by atoms with Crippen LogP contribution >= 0.6 is 15.9 Å². The van der Waals surface area contributed by atoms with Crippen molar-refractivity contribution >= 4 is 27.5 Å². The zero-order valence-electron chi connectivity index (χ0n) is 12.7. The van der Waals surface area contributed by atoms with E-state index in [0.29, 0.717) is 17.9 Å². The van der Waals surface area contributed by atoms with Gasteiger partial charge in [-0.2, -0.15) is 0 Å². The summed E-state index contributed by atoms with van der Waals surface area (Å²) in [6.07, 6.45) is 1.67. The van der Waals surface area contributed by atoms with Gasteiger partial charge in [-0.05, 0) is 65.2 Å². The van der Waals surface area contributed by atoms with Crippen LogP contribution in [0.4, 0.5) is 5.69 Å². The molecule has 114 valence electrons. The van der Waals surface area contributed by atoms with Crippen molar-refractivity contribution < 1.29 is 9.53 Å². The third-order valence-corrected chi connectivity index (χ3v) is 3.81. The van der Waals surface area contributed by atoms with Crippen LogP contribution in [0.15, 0.2) is 53.5 Å². The van der Waals surface area contributed by atoms with Gasteiger partial charge in [0, 0.05) is 11.3 Å². The number of amides is 1. The molecule has 0 aromatic heterocycles. The Hall–Kier alpha value is -2.07. The number of halogens is 1. The Balaban J connectivity index is 2.17. The van der Waals surface area contributed by atoms with E-state index < -0.39 is 0 Å². The second-order valence-electron chi connectivity index (χ2n) is 5.02. The van der Waals surface area contributed by atoms with Crippen molar-refractivity contribution in [1.82, 2.24) is 0 Å². The molecule has 2 aromatic rings. The quantitative estimate of drug-likeness (QED) is 0.772. The summed E-state index contributed by atoms with van der Waals surface area (Å²) in [4.78, 5) is 12.4. The maximum Gasteiger partial charge on any atom is 0.255 e. The largest absolute Gasteiger partial charge is 0.488 e. The van der Waals surface area contributed by atoms with Crippen molar-refractivity contribution in [2.45, 2.75) is 13.8 Å². The first-order chi connectivity index (χ1) is 10.5. The molecule has 0 heterocycles. The Bertz CT molecular complexity index is 710. The number of hydrogen-bond donors (Lipinski definition) is 1. The first kappa shape index (κ1) is 16.3. The standard InChI is InChI=1S/C18H18BrNO2/c1-4-9-22-17-8-7-14(11-15(17)19)18(21)20-16-10-12(2)5-6-13(16)3/h4-8,10-11H,1,9H2,2-3H3,(H,20,21). The highest BCUT2D eigenvalue weighted by atomic mass is 79.9. The molecule has 0 aliphatic heterocycles. The van der Waals surface area contributed by atoms with E-state index in [9.17, 15) is 4.79 Å². The summed E-state index contributed by atoms with van der Waals surface area (Å²) in [6.45, 7) is 8.00. The number of ether oxygens (including phenoxy) is 1. The summed E-state index contributed by atoms with van der Waals surface area (Å²) in [6, 6.07) is 11.2. The van der Waals surface area contributed by atoms with Crippen LogP contribution in [0.25, 0.3) is 0 Å². The molecule has 22 heavy (non-hydrogen) atoms. The van der Waals surface area contributed by atoms with Gasteiger partial charge < -0.3 is 10.1 Å². The van der Waals surface area contributed by atoms with Crippen LogP contribution in [0.3, 0.4) is 0 Å². The fourth-order valence-corrected chi connectivity index (χ4v) is 2.47. The summed E-state index contributed by atoms with van der Waals surface area (Å²) in [5, 5.41) is 2.94. The summed E-state index contributed by atoms with van der Waals surface area (Å²) in [5.41, 5.74) is 3.53. The highest BCUT2D eigenvalue weighted by Crippen LogP contribution is 2.26. The Morgan fingerprint density at radius 3 is 2.73 bits per heavy atom. The smallest absolute Gasteiger partial charge is 0.255 e. The van der Waals surface area contributed by atoms with Gasteiger partial charge in [-0.1, -0.05) is 24.8 Å². The number of carbonyl (C=O) groups is 1. The van der Waals surface area contributed by atoms with Crippen molar-refractivity contribution in [2.75, 3.05) is 11.9 Å². The molecule has 0 fully saturated rings. The van der Waals surface area contributed by atoms with Crippen molar-refractivity contribution in [2.24, 2.45) is 0 Å². The molecule has 0 radical (unpaired) electrons. The van der Waals surface area contributed by atoms with E-state index in [1.165, 1.54) is 0 Å². The number of carbonyl (C=O) groups excluding carboxylic acids is 1. The second kappa shape index (κ2) is 7.27. The maximum absolute atomic E-state index is 12.4. The fraction of sp³-hybridized carbons (Fsp3) is 0.167. The monoisotopic (exact) mass is 359 g/mol. The zero-order chi connectivity index (χ0) is 16.1. The van der Waals surface area contributed by atoms with Crippen molar-refractivity contribution in [3.8, 4) is 5.75 Å². The first-order valence-corrected chi connectivity index (χ1v) is 7.72. The second-order valence-corrected chi connectivity index (χ2v) is 5.87. The number of aryl methyl sites for hydroxylation is 2. The summed E-state index contributed by atoms with van der Waals surface area (Å²) in [7, 11) is 0. The van der Waals surface area contributed by atoms with Gasteiger partial charge in [0.05, 0.1) is 4.47 Å². The number of hydrogen-bond acceptors (Lipinski definition) is 2. The molecular formula is C18H18BrNO2. The Morgan fingerprint density at radius 1 is 1.27 bits per heavy atom. The van der Waals surface area contributed by atoms with E-state index in [1.54, 1.807) is 24.3 Å². The lowest BCUT2D eigenvalue weighted by molar-refractivity contribution is 0.102. The summed E-state index contributed by atoms with van der Waals surface area (Å²) in [5.74, 6) is 0.535. The van der Waals surface area contributed by atoms with Crippen LogP contribution in [0.5, 0.6) is 5.75 Å². The van der Waals surface area contributed by atoms with Crippen LogP contribution in [0, 0.1) is 13.8 Å². The molecule has 1 N–H and O–H groups in total. The van der Waals surface area contributed by atoms with E-state index >= 15 is 0 Å². The molecule has 3 nitrogen and oxygen atoms in total. The highest BCUT2D eigenvalue weighted by Gasteiger charge is 2.10. The van der Waals surface area contributed by atoms with Gasteiger partial charge in [0.15, 0.2) is 0 Å². The van der Waals surface area contributed by atoms with E-state index in [2.05, 4.69) is 27.8 Å². The molecule has 0 saturated carbocycles. The predicted octanol–water partition coefficient (Wildman–Crippen LogP) is 4.88. The Morgan fingerprint density at radius 2 is 2.05 bits per heavy atom. The minimum Gasteiger partial charge on any atom is -0.488 e.